The highest BCUT2D eigenvalue weighted by atomic mass is 14.8. The van der Waals surface area contributed by atoms with Crippen molar-refractivity contribution in [3.05, 3.63) is 47.8 Å². The fraction of sp³-hybridized carbons (Fsp3) is 0.231. The van der Waals surface area contributed by atoms with Crippen LogP contribution in [-0.4, -0.2) is 11.2 Å². The van der Waals surface area contributed by atoms with Crippen molar-refractivity contribution >= 4 is 11.9 Å². The van der Waals surface area contributed by atoms with Gasteiger partial charge in [0.1, 0.15) is 0 Å². The average Bonchev–Trinajstić information content (AvgIpc) is 2.21. The molecule has 0 aliphatic heterocycles. The second kappa shape index (κ2) is 5.25. The van der Waals surface area contributed by atoms with E-state index in [1.54, 1.807) is 6.21 Å². The number of nitrogens with zero attached hydrogens (tertiary/aromatic N) is 2. The molecule has 2 nitrogen and oxygen atoms in total. The number of hydrogen-bond acceptors (Lipinski definition) is 2. The minimum Gasteiger partial charge on any atom is -0.255 e. The molecule has 0 aromatic carbocycles. The zero-order valence-corrected chi connectivity index (χ0v) is 9.49. The number of aryl methyl sites for hydroxylation is 1. The molecule has 0 atom stereocenters. The van der Waals surface area contributed by atoms with Gasteiger partial charge in [0, 0.05) is 12.4 Å². The summed E-state index contributed by atoms with van der Waals surface area (Å²) >= 11 is 0. The summed E-state index contributed by atoms with van der Waals surface area (Å²) < 4.78 is 0. The molecule has 0 bridgehead atoms. The predicted molar refractivity (Wildman–Crippen MR) is 65.9 cm³/mol. The Morgan fingerprint density at radius 2 is 2.20 bits per heavy atom. The van der Waals surface area contributed by atoms with Gasteiger partial charge in [0.2, 0.25) is 0 Å². The van der Waals surface area contributed by atoms with E-state index in [2.05, 4.69) is 16.6 Å². The molecule has 1 aromatic heterocycles. The number of aromatic nitrogens is 1. The maximum atomic E-state index is 4.32. The van der Waals surface area contributed by atoms with Crippen molar-refractivity contribution in [1.82, 2.24) is 4.98 Å². The molecule has 1 aromatic rings. The molecule has 0 aliphatic carbocycles. The van der Waals surface area contributed by atoms with Crippen LogP contribution in [0, 0.1) is 6.92 Å². The topological polar surface area (TPSA) is 25.2 Å². The van der Waals surface area contributed by atoms with Gasteiger partial charge in [-0.3, -0.25) is 9.98 Å². The van der Waals surface area contributed by atoms with Gasteiger partial charge >= 0.3 is 0 Å². The molecule has 15 heavy (non-hydrogen) atoms. The monoisotopic (exact) mass is 200 g/mol. The lowest BCUT2D eigenvalue weighted by molar-refractivity contribution is 1.21. The summed E-state index contributed by atoms with van der Waals surface area (Å²) in [5, 5.41) is 0. The Balaban J connectivity index is 2.94. The first-order valence-corrected chi connectivity index (χ1v) is 4.92. The Hall–Kier alpha value is -1.70. The van der Waals surface area contributed by atoms with E-state index >= 15 is 0 Å². The van der Waals surface area contributed by atoms with E-state index in [9.17, 15) is 0 Å². The molecule has 0 amide bonds. The van der Waals surface area contributed by atoms with E-state index < -0.39 is 0 Å². The van der Waals surface area contributed by atoms with E-state index in [4.69, 9.17) is 0 Å². The van der Waals surface area contributed by atoms with Crippen LogP contribution in [-0.2, 0) is 0 Å². The third kappa shape index (κ3) is 3.50. The summed E-state index contributed by atoms with van der Waals surface area (Å²) in [4.78, 5) is 8.63. The smallest absolute Gasteiger partial charge is 0.0882 e. The minimum absolute atomic E-state index is 0.873. The summed E-state index contributed by atoms with van der Waals surface area (Å²) in [6.07, 6.45) is 5.53. The van der Waals surface area contributed by atoms with Crippen molar-refractivity contribution in [2.24, 2.45) is 4.99 Å². The second-order valence-corrected chi connectivity index (χ2v) is 3.50. The van der Waals surface area contributed by atoms with Gasteiger partial charge in [-0.1, -0.05) is 18.7 Å². The number of aliphatic imine (C=N–C) groups is 1. The van der Waals surface area contributed by atoms with Crippen LogP contribution in [0.1, 0.15) is 25.1 Å². The van der Waals surface area contributed by atoms with Crippen molar-refractivity contribution < 1.29 is 0 Å². The first-order chi connectivity index (χ1) is 7.13. The molecular formula is C13H16N2. The third-order valence-corrected chi connectivity index (χ3v) is 1.87. The van der Waals surface area contributed by atoms with E-state index in [0.717, 1.165) is 22.5 Å². The van der Waals surface area contributed by atoms with Gasteiger partial charge in [0.05, 0.1) is 11.4 Å². The fourth-order valence-corrected chi connectivity index (χ4v) is 1.09. The quantitative estimate of drug-likeness (QED) is 0.686. The molecule has 0 N–H and O–H groups in total. The highest BCUT2D eigenvalue weighted by Gasteiger charge is 1.98. The van der Waals surface area contributed by atoms with Crippen LogP contribution < -0.4 is 0 Å². The van der Waals surface area contributed by atoms with Crippen LogP contribution in [0.2, 0.25) is 0 Å². The summed E-state index contributed by atoms with van der Waals surface area (Å²) in [6, 6.07) is 4.00. The molecule has 1 heterocycles. The van der Waals surface area contributed by atoms with Gasteiger partial charge in [-0.05, 0) is 38.0 Å². The normalized spacial score (nSPS) is 12.1. The lowest BCUT2D eigenvalue weighted by Crippen LogP contribution is -1.88. The van der Waals surface area contributed by atoms with Crippen LogP contribution in [0.5, 0.6) is 0 Å². The van der Waals surface area contributed by atoms with E-state index in [-0.39, 0.29) is 0 Å². The Labute approximate surface area is 91.1 Å². The summed E-state index contributed by atoms with van der Waals surface area (Å²) in [5.74, 6) is 0. The number of pyridine rings is 1. The van der Waals surface area contributed by atoms with Crippen molar-refractivity contribution in [1.29, 1.82) is 0 Å². The number of rotatable bonds is 3. The van der Waals surface area contributed by atoms with Gasteiger partial charge in [0.25, 0.3) is 0 Å². The molecule has 0 saturated heterocycles. The lowest BCUT2D eigenvalue weighted by Gasteiger charge is -2.00. The molecule has 78 valence electrons. The number of allylic oxidation sites excluding steroid dienone is 2. The van der Waals surface area contributed by atoms with Gasteiger partial charge < -0.3 is 0 Å². The van der Waals surface area contributed by atoms with Crippen LogP contribution in [0.25, 0.3) is 5.70 Å². The van der Waals surface area contributed by atoms with Crippen molar-refractivity contribution in [3.8, 4) is 0 Å². The zero-order valence-electron chi connectivity index (χ0n) is 9.49. The molecule has 0 saturated carbocycles. The molecule has 1 rings (SSSR count). The van der Waals surface area contributed by atoms with E-state index in [0.29, 0.717) is 0 Å². The van der Waals surface area contributed by atoms with Crippen molar-refractivity contribution in [3.63, 3.8) is 0 Å². The predicted octanol–water partition coefficient (Wildman–Crippen LogP) is 3.40. The Bertz CT molecular complexity index is 397. The first kappa shape index (κ1) is 11.4. The van der Waals surface area contributed by atoms with Gasteiger partial charge in [-0.15, -0.1) is 0 Å². The maximum Gasteiger partial charge on any atom is 0.0882 e. The molecule has 0 spiro atoms. The van der Waals surface area contributed by atoms with Crippen LogP contribution in [0.3, 0.4) is 0 Å². The average molecular weight is 200 g/mol. The summed E-state index contributed by atoms with van der Waals surface area (Å²) in [5.41, 5.74) is 3.85. The third-order valence-electron chi connectivity index (χ3n) is 1.87. The largest absolute Gasteiger partial charge is 0.255 e. The molecular weight excluding hydrogens is 184 g/mol. The Morgan fingerprint density at radius 3 is 2.67 bits per heavy atom. The second-order valence-electron chi connectivity index (χ2n) is 3.50. The lowest BCUT2D eigenvalue weighted by atomic mass is 10.2. The van der Waals surface area contributed by atoms with E-state index in [1.807, 2.05) is 45.2 Å². The number of hydrogen-bond donors (Lipinski definition) is 0. The van der Waals surface area contributed by atoms with Crippen molar-refractivity contribution in [2.45, 2.75) is 20.8 Å². The molecule has 0 fully saturated rings. The molecule has 0 radical (unpaired) electrons. The van der Waals surface area contributed by atoms with Gasteiger partial charge in [-0.2, -0.15) is 0 Å². The van der Waals surface area contributed by atoms with Crippen molar-refractivity contribution in [2.75, 3.05) is 0 Å². The highest BCUT2D eigenvalue weighted by molar-refractivity contribution is 5.82. The summed E-state index contributed by atoms with van der Waals surface area (Å²) in [7, 11) is 0. The SMILES string of the molecule is C=C(C)C=N/C(=C\C)c1ccc(C)cn1. The first-order valence-electron chi connectivity index (χ1n) is 4.92. The van der Waals surface area contributed by atoms with Crippen LogP contribution in [0.4, 0.5) is 0 Å². The molecule has 0 aliphatic rings. The van der Waals surface area contributed by atoms with Crippen LogP contribution in [0.15, 0.2) is 41.6 Å². The standard InChI is InChI=1S/C13H16N2/c1-5-12(14-8-10(2)3)13-7-6-11(4)9-15-13/h5-9H,2H2,1,3-4H3/b12-5-,14-8?. The van der Waals surface area contributed by atoms with Crippen LogP contribution >= 0.6 is 0 Å². The molecule has 0 unspecified atom stereocenters. The maximum absolute atomic E-state index is 4.32. The fourth-order valence-electron chi connectivity index (χ4n) is 1.09. The Kier molecular flexibility index (Phi) is 3.98. The molecule has 2 heteroatoms. The zero-order chi connectivity index (χ0) is 11.3. The summed E-state index contributed by atoms with van der Waals surface area (Å²) in [6.45, 7) is 9.66. The van der Waals surface area contributed by atoms with Gasteiger partial charge in [0.15, 0.2) is 0 Å². The minimum atomic E-state index is 0.873. The van der Waals surface area contributed by atoms with E-state index in [1.165, 1.54) is 0 Å². The highest BCUT2D eigenvalue weighted by Crippen LogP contribution is 2.13. The Morgan fingerprint density at radius 1 is 1.47 bits per heavy atom. The van der Waals surface area contributed by atoms with Gasteiger partial charge in [-0.25, -0.2) is 0 Å².